The maximum atomic E-state index is 11.7. The SMILES string of the molecule is Cc1ccc(CNC(=O)NC(C(=O)O)C(C)(C)C)s1. The van der Waals surface area contributed by atoms with Crippen molar-refractivity contribution in [2.45, 2.75) is 40.3 Å². The summed E-state index contributed by atoms with van der Waals surface area (Å²) in [5, 5.41) is 14.3. The number of hydrogen-bond acceptors (Lipinski definition) is 3. The van der Waals surface area contributed by atoms with Gasteiger partial charge < -0.3 is 15.7 Å². The Balaban J connectivity index is 2.52. The van der Waals surface area contributed by atoms with E-state index >= 15 is 0 Å². The molecular formula is C13H20N2O3S. The third-order valence-corrected chi connectivity index (χ3v) is 3.61. The molecule has 5 nitrogen and oxygen atoms in total. The lowest BCUT2D eigenvalue weighted by atomic mass is 9.87. The van der Waals surface area contributed by atoms with Gasteiger partial charge in [0.2, 0.25) is 0 Å². The second kappa shape index (κ2) is 6.06. The van der Waals surface area contributed by atoms with Gasteiger partial charge in [0.25, 0.3) is 0 Å². The van der Waals surface area contributed by atoms with Crippen LogP contribution in [0.15, 0.2) is 12.1 Å². The second-order valence-corrected chi connectivity index (χ2v) is 6.85. The number of aliphatic carboxylic acids is 1. The molecule has 1 atom stereocenters. The highest BCUT2D eigenvalue weighted by molar-refractivity contribution is 7.11. The molecule has 6 heteroatoms. The van der Waals surface area contributed by atoms with E-state index in [0.717, 1.165) is 4.88 Å². The summed E-state index contributed by atoms with van der Waals surface area (Å²) in [7, 11) is 0. The molecule has 1 aromatic rings. The Kier molecular flexibility index (Phi) is 4.94. The van der Waals surface area contributed by atoms with Crippen LogP contribution in [0.3, 0.4) is 0 Å². The number of carbonyl (C=O) groups is 2. The van der Waals surface area contributed by atoms with Crippen LogP contribution in [0.4, 0.5) is 4.79 Å². The summed E-state index contributed by atoms with van der Waals surface area (Å²) in [5.41, 5.74) is -0.539. The zero-order chi connectivity index (χ0) is 14.6. The summed E-state index contributed by atoms with van der Waals surface area (Å²) in [4.78, 5) is 25.0. The summed E-state index contributed by atoms with van der Waals surface area (Å²) in [6.45, 7) is 7.72. The van der Waals surface area contributed by atoms with Crippen LogP contribution < -0.4 is 10.6 Å². The summed E-state index contributed by atoms with van der Waals surface area (Å²) in [5.74, 6) is -1.03. The van der Waals surface area contributed by atoms with E-state index in [9.17, 15) is 9.59 Å². The summed E-state index contributed by atoms with van der Waals surface area (Å²) < 4.78 is 0. The van der Waals surface area contributed by atoms with Crippen LogP contribution in [-0.4, -0.2) is 23.1 Å². The number of amides is 2. The maximum absolute atomic E-state index is 11.7. The van der Waals surface area contributed by atoms with E-state index in [0.29, 0.717) is 6.54 Å². The third kappa shape index (κ3) is 4.90. The minimum atomic E-state index is -1.03. The molecule has 0 saturated carbocycles. The predicted octanol–water partition coefficient (Wildman–Crippen LogP) is 2.36. The maximum Gasteiger partial charge on any atom is 0.326 e. The van der Waals surface area contributed by atoms with Crippen molar-refractivity contribution in [3.8, 4) is 0 Å². The first-order valence-corrected chi connectivity index (χ1v) is 6.84. The van der Waals surface area contributed by atoms with Crippen molar-refractivity contribution in [3.63, 3.8) is 0 Å². The van der Waals surface area contributed by atoms with Crippen molar-refractivity contribution in [3.05, 3.63) is 21.9 Å². The number of rotatable bonds is 4. The highest BCUT2D eigenvalue weighted by Gasteiger charge is 2.32. The van der Waals surface area contributed by atoms with Crippen LogP contribution in [0, 0.1) is 12.3 Å². The summed E-state index contributed by atoms with van der Waals surface area (Å²) in [6, 6.07) is 2.54. The van der Waals surface area contributed by atoms with E-state index in [1.165, 1.54) is 4.88 Å². The first kappa shape index (κ1) is 15.5. The molecule has 0 radical (unpaired) electrons. The van der Waals surface area contributed by atoms with Crippen molar-refractivity contribution < 1.29 is 14.7 Å². The normalized spacial score (nSPS) is 12.8. The molecule has 1 heterocycles. The fourth-order valence-electron chi connectivity index (χ4n) is 1.58. The van der Waals surface area contributed by atoms with Crippen LogP contribution in [0.5, 0.6) is 0 Å². The number of carbonyl (C=O) groups excluding carboxylic acids is 1. The van der Waals surface area contributed by atoms with Gasteiger partial charge in [-0.05, 0) is 24.5 Å². The molecule has 3 N–H and O–H groups in total. The number of urea groups is 1. The summed E-state index contributed by atoms with van der Waals surface area (Å²) in [6.07, 6.45) is 0. The topological polar surface area (TPSA) is 78.4 Å². The average molecular weight is 284 g/mol. The fourth-order valence-corrected chi connectivity index (χ4v) is 2.41. The number of hydrogen-bond donors (Lipinski definition) is 3. The molecule has 1 unspecified atom stereocenters. The molecule has 0 fully saturated rings. The van der Waals surface area contributed by atoms with Gasteiger partial charge in [0.15, 0.2) is 0 Å². The standard InChI is InChI=1S/C13H20N2O3S/c1-8-5-6-9(19-8)7-14-12(18)15-10(11(16)17)13(2,3)4/h5-6,10H,7H2,1-4H3,(H,16,17)(H2,14,15,18). The largest absolute Gasteiger partial charge is 0.480 e. The Labute approximate surface area is 117 Å². The van der Waals surface area contributed by atoms with Crippen molar-refractivity contribution in [1.29, 1.82) is 0 Å². The highest BCUT2D eigenvalue weighted by Crippen LogP contribution is 2.19. The summed E-state index contributed by atoms with van der Waals surface area (Å²) >= 11 is 1.60. The molecule has 19 heavy (non-hydrogen) atoms. The zero-order valence-corrected chi connectivity index (χ0v) is 12.4. The van der Waals surface area contributed by atoms with E-state index in [-0.39, 0.29) is 0 Å². The van der Waals surface area contributed by atoms with Crippen molar-refractivity contribution in [1.82, 2.24) is 10.6 Å². The number of aryl methyl sites for hydroxylation is 1. The molecule has 0 aromatic carbocycles. The smallest absolute Gasteiger partial charge is 0.326 e. The molecule has 0 aliphatic heterocycles. The number of nitrogens with one attached hydrogen (secondary N) is 2. The third-order valence-electron chi connectivity index (χ3n) is 2.61. The van der Waals surface area contributed by atoms with Gasteiger partial charge in [-0.3, -0.25) is 0 Å². The van der Waals surface area contributed by atoms with E-state index in [4.69, 9.17) is 5.11 Å². The minimum absolute atomic E-state index is 0.404. The van der Waals surface area contributed by atoms with E-state index in [1.807, 2.05) is 19.1 Å². The lowest BCUT2D eigenvalue weighted by molar-refractivity contribution is -0.141. The monoisotopic (exact) mass is 284 g/mol. The number of thiophene rings is 1. The Morgan fingerprint density at radius 1 is 1.37 bits per heavy atom. The molecule has 1 aromatic heterocycles. The van der Waals surface area contributed by atoms with E-state index in [1.54, 1.807) is 32.1 Å². The zero-order valence-electron chi connectivity index (χ0n) is 11.6. The predicted molar refractivity (Wildman–Crippen MR) is 75.3 cm³/mol. The van der Waals surface area contributed by atoms with Crippen LogP contribution in [0.2, 0.25) is 0 Å². The highest BCUT2D eigenvalue weighted by atomic mass is 32.1. The first-order chi connectivity index (χ1) is 8.70. The van der Waals surface area contributed by atoms with Crippen LogP contribution in [0.25, 0.3) is 0 Å². The van der Waals surface area contributed by atoms with Gasteiger partial charge in [0.1, 0.15) is 6.04 Å². The molecule has 0 aliphatic carbocycles. The Bertz CT molecular complexity index is 463. The lowest BCUT2D eigenvalue weighted by Crippen LogP contribution is -2.52. The first-order valence-electron chi connectivity index (χ1n) is 6.02. The molecule has 0 bridgehead atoms. The quantitative estimate of drug-likeness (QED) is 0.794. The minimum Gasteiger partial charge on any atom is -0.480 e. The van der Waals surface area contributed by atoms with Crippen LogP contribution in [-0.2, 0) is 11.3 Å². The fraction of sp³-hybridized carbons (Fsp3) is 0.538. The molecule has 2 amide bonds. The van der Waals surface area contributed by atoms with Gasteiger partial charge in [-0.15, -0.1) is 11.3 Å². The van der Waals surface area contributed by atoms with Gasteiger partial charge >= 0.3 is 12.0 Å². The Hall–Kier alpha value is -1.56. The number of carboxylic acids is 1. The van der Waals surface area contributed by atoms with Gasteiger partial charge in [0, 0.05) is 9.75 Å². The molecule has 0 spiro atoms. The second-order valence-electron chi connectivity index (χ2n) is 5.48. The molecule has 0 saturated heterocycles. The van der Waals surface area contributed by atoms with Crippen molar-refractivity contribution >= 4 is 23.3 Å². The van der Waals surface area contributed by atoms with Crippen molar-refractivity contribution in [2.24, 2.45) is 5.41 Å². The number of carboxylic acid groups (broad SMARTS) is 1. The molecule has 1 rings (SSSR count). The molecule has 106 valence electrons. The van der Waals surface area contributed by atoms with Crippen molar-refractivity contribution in [2.75, 3.05) is 0 Å². The van der Waals surface area contributed by atoms with Gasteiger partial charge in [-0.1, -0.05) is 20.8 Å². The lowest BCUT2D eigenvalue weighted by Gasteiger charge is -2.27. The molecule has 0 aliphatic rings. The van der Waals surface area contributed by atoms with Gasteiger partial charge in [0.05, 0.1) is 6.54 Å². The van der Waals surface area contributed by atoms with Crippen LogP contribution in [0.1, 0.15) is 30.5 Å². The average Bonchev–Trinajstić information content (AvgIpc) is 2.67. The molecular weight excluding hydrogens is 264 g/mol. The van der Waals surface area contributed by atoms with Gasteiger partial charge in [-0.25, -0.2) is 9.59 Å². The van der Waals surface area contributed by atoms with Gasteiger partial charge in [-0.2, -0.15) is 0 Å². The van der Waals surface area contributed by atoms with Crippen LogP contribution >= 0.6 is 11.3 Å². The van der Waals surface area contributed by atoms with E-state index in [2.05, 4.69) is 10.6 Å². The Morgan fingerprint density at radius 3 is 2.42 bits per heavy atom. The van der Waals surface area contributed by atoms with E-state index < -0.39 is 23.5 Å². The Morgan fingerprint density at radius 2 is 2.00 bits per heavy atom.